The van der Waals surface area contributed by atoms with Crippen LogP contribution in [0.5, 0.6) is 0 Å². The fraction of sp³-hybridized carbons (Fsp3) is 0.462. The van der Waals surface area contributed by atoms with Crippen LogP contribution in [0.15, 0.2) is 12.3 Å². The van der Waals surface area contributed by atoms with Gasteiger partial charge in [0.15, 0.2) is 5.01 Å². The lowest BCUT2D eigenvalue weighted by Gasteiger charge is -2.11. The molecule has 3 heterocycles. The molecule has 0 spiro atoms. The first kappa shape index (κ1) is 15.3. The summed E-state index contributed by atoms with van der Waals surface area (Å²) in [6.07, 6.45) is -1.98. The van der Waals surface area contributed by atoms with Crippen LogP contribution in [0, 0.1) is 0 Å². The molecule has 0 saturated carbocycles. The van der Waals surface area contributed by atoms with Gasteiger partial charge < -0.3 is 5.32 Å². The minimum Gasteiger partial charge on any atom is -0.308 e. The van der Waals surface area contributed by atoms with E-state index in [2.05, 4.69) is 16.4 Å². The smallest absolute Gasteiger partial charge is 0.308 e. The van der Waals surface area contributed by atoms with Gasteiger partial charge in [-0.15, -0.1) is 22.7 Å². The van der Waals surface area contributed by atoms with Gasteiger partial charge in [-0.1, -0.05) is 0 Å². The number of thiophene rings is 1. The van der Waals surface area contributed by atoms with Crippen molar-refractivity contribution in [3.05, 3.63) is 37.5 Å². The molecule has 2 nitrogen and oxygen atoms in total. The normalized spacial score (nSPS) is 16.8. The molecule has 2 aromatic rings. The van der Waals surface area contributed by atoms with Gasteiger partial charge in [-0.25, -0.2) is 4.98 Å². The maximum Gasteiger partial charge on any atom is 0.443 e. The zero-order valence-electron chi connectivity index (χ0n) is 11.2. The van der Waals surface area contributed by atoms with Crippen molar-refractivity contribution in [3.8, 4) is 0 Å². The molecule has 0 aromatic carbocycles. The second-order valence-corrected chi connectivity index (χ2v) is 8.02. The van der Waals surface area contributed by atoms with Crippen LogP contribution in [0.25, 0.3) is 0 Å². The lowest BCUT2D eigenvalue weighted by atomic mass is 10.1. The Morgan fingerprint density at radius 3 is 2.71 bits per heavy atom. The van der Waals surface area contributed by atoms with Crippen LogP contribution in [0.4, 0.5) is 13.2 Å². The fourth-order valence-corrected chi connectivity index (χ4v) is 5.78. The first-order chi connectivity index (χ1) is 9.99. The van der Waals surface area contributed by atoms with Crippen LogP contribution >= 0.6 is 34.4 Å². The highest BCUT2D eigenvalue weighted by Gasteiger charge is 2.35. The van der Waals surface area contributed by atoms with Crippen LogP contribution in [0.1, 0.15) is 31.2 Å². The fourth-order valence-electron chi connectivity index (χ4n) is 2.29. The Bertz CT molecular complexity index is 609. The number of hydrogen-bond donors (Lipinski definition) is 1. The zero-order valence-corrected chi connectivity index (χ0v) is 13.6. The van der Waals surface area contributed by atoms with Gasteiger partial charge in [0.1, 0.15) is 0 Å². The van der Waals surface area contributed by atoms with Crippen molar-refractivity contribution in [2.24, 2.45) is 0 Å². The molecular formula is C13H13F3N2S3. The monoisotopic (exact) mass is 350 g/mol. The summed E-state index contributed by atoms with van der Waals surface area (Å²) in [5, 5.41) is 2.33. The molecule has 0 aliphatic carbocycles. The highest BCUT2D eigenvalue weighted by Crippen LogP contribution is 2.40. The SMILES string of the molecule is CNC(c1cnc(C(F)(F)F)s1)c1cc2c(s1)CCSC2. The van der Waals surface area contributed by atoms with E-state index in [9.17, 15) is 13.2 Å². The Labute approximate surface area is 132 Å². The number of hydrogen-bond acceptors (Lipinski definition) is 5. The van der Waals surface area contributed by atoms with Gasteiger partial charge in [0, 0.05) is 26.6 Å². The maximum atomic E-state index is 12.7. The van der Waals surface area contributed by atoms with Crippen LogP contribution < -0.4 is 5.32 Å². The zero-order chi connectivity index (χ0) is 15.0. The highest BCUT2D eigenvalue weighted by molar-refractivity contribution is 7.98. The van der Waals surface area contributed by atoms with Gasteiger partial charge >= 0.3 is 6.18 Å². The molecule has 1 aliphatic heterocycles. The summed E-state index contributed by atoms with van der Waals surface area (Å²) in [5.74, 6) is 2.12. The van der Waals surface area contributed by atoms with E-state index in [1.165, 1.54) is 16.6 Å². The molecule has 3 rings (SSSR count). The number of thiazole rings is 1. The van der Waals surface area contributed by atoms with E-state index in [1.54, 1.807) is 18.4 Å². The molecule has 114 valence electrons. The Morgan fingerprint density at radius 1 is 1.29 bits per heavy atom. The average Bonchev–Trinajstić information content (AvgIpc) is 3.05. The van der Waals surface area contributed by atoms with Crippen molar-refractivity contribution in [2.75, 3.05) is 12.8 Å². The molecule has 0 amide bonds. The number of thioether (sulfide) groups is 1. The van der Waals surface area contributed by atoms with E-state index in [-0.39, 0.29) is 6.04 Å². The summed E-state index contributed by atoms with van der Waals surface area (Å²) in [6.45, 7) is 0. The summed E-state index contributed by atoms with van der Waals surface area (Å²) in [5.41, 5.74) is 1.33. The van der Waals surface area contributed by atoms with E-state index < -0.39 is 11.2 Å². The van der Waals surface area contributed by atoms with Crippen molar-refractivity contribution < 1.29 is 13.2 Å². The Balaban J connectivity index is 1.91. The average molecular weight is 350 g/mol. The number of rotatable bonds is 3. The predicted octanol–water partition coefficient (Wildman–Crippen LogP) is 4.32. The van der Waals surface area contributed by atoms with E-state index in [0.717, 1.165) is 22.8 Å². The molecule has 8 heteroatoms. The maximum absolute atomic E-state index is 12.7. The van der Waals surface area contributed by atoms with Crippen LogP contribution in [-0.2, 0) is 18.3 Å². The number of nitrogens with zero attached hydrogens (tertiary/aromatic N) is 1. The van der Waals surface area contributed by atoms with Gasteiger partial charge in [0.25, 0.3) is 0 Å². The minimum atomic E-state index is -4.37. The van der Waals surface area contributed by atoms with Crippen LogP contribution in [-0.4, -0.2) is 17.8 Å². The van der Waals surface area contributed by atoms with E-state index in [1.807, 2.05) is 11.8 Å². The predicted molar refractivity (Wildman–Crippen MR) is 82.2 cm³/mol. The topological polar surface area (TPSA) is 24.9 Å². The third-order valence-corrected chi connectivity index (χ3v) is 6.69. The Morgan fingerprint density at radius 2 is 2.10 bits per heavy atom. The summed E-state index contributed by atoms with van der Waals surface area (Å²) >= 11 is 4.32. The number of fused-ring (bicyclic) bond motifs is 1. The summed E-state index contributed by atoms with van der Waals surface area (Å²) in [7, 11) is 1.77. The molecule has 1 atom stereocenters. The summed E-state index contributed by atoms with van der Waals surface area (Å²) in [6, 6.07) is 1.92. The van der Waals surface area contributed by atoms with Crippen molar-refractivity contribution in [1.82, 2.24) is 10.3 Å². The first-order valence-electron chi connectivity index (χ1n) is 6.38. The van der Waals surface area contributed by atoms with E-state index >= 15 is 0 Å². The van der Waals surface area contributed by atoms with Crippen molar-refractivity contribution in [2.45, 2.75) is 24.4 Å². The van der Waals surface area contributed by atoms with Crippen molar-refractivity contribution in [1.29, 1.82) is 0 Å². The lowest BCUT2D eigenvalue weighted by molar-refractivity contribution is -0.137. The lowest BCUT2D eigenvalue weighted by Crippen LogP contribution is -2.15. The number of aryl methyl sites for hydroxylation is 1. The molecular weight excluding hydrogens is 337 g/mol. The summed E-state index contributed by atoms with van der Waals surface area (Å²) in [4.78, 5) is 6.56. The van der Waals surface area contributed by atoms with Crippen LogP contribution in [0.2, 0.25) is 0 Å². The molecule has 0 fully saturated rings. The molecule has 21 heavy (non-hydrogen) atoms. The second-order valence-electron chi connectivity index (χ2n) is 4.69. The molecule has 0 radical (unpaired) electrons. The van der Waals surface area contributed by atoms with E-state index in [4.69, 9.17) is 0 Å². The van der Waals surface area contributed by atoms with Gasteiger partial charge in [-0.05, 0) is 30.9 Å². The van der Waals surface area contributed by atoms with Crippen molar-refractivity contribution >= 4 is 34.4 Å². The van der Waals surface area contributed by atoms with Gasteiger partial charge in [0.05, 0.1) is 6.04 Å². The van der Waals surface area contributed by atoms with Crippen LogP contribution in [0.3, 0.4) is 0 Å². The Hall–Kier alpha value is -0.570. The number of aromatic nitrogens is 1. The van der Waals surface area contributed by atoms with Crippen molar-refractivity contribution in [3.63, 3.8) is 0 Å². The summed E-state index contributed by atoms with van der Waals surface area (Å²) < 4.78 is 38.1. The minimum absolute atomic E-state index is 0.209. The highest BCUT2D eigenvalue weighted by atomic mass is 32.2. The molecule has 0 saturated heterocycles. The third kappa shape index (κ3) is 3.13. The Kier molecular flexibility index (Phi) is 4.31. The molecule has 1 N–H and O–H groups in total. The van der Waals surface area contributed by atoms with Gasteiger partial charge in [-0.2, -0.15) is 24.9 Å². The molecule has 2 aromatic heterocycles. The standard InChI is InChI=1S/C13H13F3N2S3/c1-17-11(10-5-18-12(21-10)13(14,15)16)9-4-7-6-19-3-2-8(7)20-9/h4-5,11,17H,2-3,6H2,1H3. The number of alkyl halides is 3. The van der Waals surface area contributed by atoms with Gasteiger partial charge in [0.2, 0.25) is 0 Å². The van der Waals surface area contributed by atoms with E-state index in [0.29, 0.717) is 16.2 Å². The second kappa shape index (κ2) is 5.91. The largest absolute Gasteiger partial charge is 0.443 e. The first-order valence-corrected chi connectivity index (χ1v) is 9.17. The quantitative estimate of drug-likeness (QED) is 0.892. The molecule has 1 unspecified atom stereocenters. The van der Waals surface area contributed by atoms with Gasteiger partial charge in [-0.3, -0.25) is 0 Å². The third-order valence-electron chi connectivity index (χ3n) is 3.27. The number of nitrogens with one attached hydrogen (secondary N) is 1. The molecule has 0 bridgehead atoms. The molecule has 1 aliphatic rings. The number of halogens is 3.